The van der Waals surface area contributed by atoms with E-state index in [0.29, 0.717) is 0 Å². The first-order valence-corrected chi connectivity index (χ1v) is 2.93. The second kappa shape index (κ2) is 5.88. The maximum atomic E-state index is 9.44. The molecule has 1 heterocycles. The normalized spacial score (nSPS) is 12.2. The van der Waals surface area contributed by atoms with Gasteiger partial charge < -0.3 is 9.63 Å². The molecule has 0 aromatic rings. The van der Waals surface area contributed by atoms with Crippen molar-refractivity contribution in [2.45, 2.75) is 13.8 Å². The van der Waals surface area contributed by atoms with Crippen LogP contribution < -0.4 is 5.48 Å². The Morgan fingerprint density at radius 1 is 1.40 bits per heavy atom. The van der Waals surface area contributed by atoms with Crippen molar-refractivity contribution in [1.29, 1.82) is 0 Å². The first kappa shape index (κ1) is 8.75. The molecule has 3 nitrogen and oxygen atoms in total. The molecule has 1 aliphatic rings. The van der Waals surface area contributed by atoms with E-state index in [1.165, 1.54) is 13.8 Å². The van der Waals surface area contributed by atoms with Gasteiger partial charge in [0.15, 0.2) is 0 Å². The number of Topliss-reactive ketones (excluding diaryl/α,β-unsaturated/α-hetero) is 1. The molecule has 0 aromatic carbocycles. The van der Waals surface area contributed by atoms with Gasteiger partial charge in [0.1, 0.15) is 12.0 Å². The smallest absolute Gasteiger partial charge is 0.126 e. The van der Waals surface area contributed by atoms with Crippen LogP contribution in [0.5, 0.6) is 0 Å². The average molecular weight is 141 g/mol. The molecule has 1 aliphatic heterocycles. The number of ketones is 1. The Morgan fingerprint density at radius 3 is 2.10 bits per heavy atom. The number of rotatable bonds is 0. The minimum Gasteiger partial charge on any atom is -0.391 e. The molecule has 1 N–H and O–H groups in total. The second-order valence-electron chi connectivity index (χ2n) is 1.83. The van der Waals surface area contributed by atoms with E-state index in [-0.39, 0.29) is 5.78 Å². The number of hydrogen-bond donors (Lipinski definition) is 1. The lowest BCUT2D eigenvalue weighted by Gasteiger charge is -1.97. The minimum atomic E-state index is 0.167. The summed E-state index contributed by atoms with van der Waals surface area (Å²) < 4.78 is 0. The third-order valence-corrected chi connectivity index (χ3v) is 0.490. The van der Waals surface area contributed by atoms with Gasteiger partial charge in [-0.15, -0.1) is 0 Å². The zero-order chi connectivity index (χ0) is 7.82. The van der Waals surface area contributed by atoms with Crippen molar-refractivity contribution in [2.24, 2.45) is 0 Å². The van der Waals surface area contributed by atoms with Gasteiger partial charge in [0.25, 0.3) is 0 Å². The fourth-order valence-corrected chi connectivity index (χ4v) is 0.258. The van der Waals surface area contributed by atoms with Crippen molar-refractivity contribution in [1.82, 2.24) is 5.48 Å². The SMILES string of the molecule is C1=CNOC=C1.CC(C)=O. The lowest BCUT2D eigenvalue weighted by molar-refractivity contribution is -0.114. The number of nitrogens with one attached hydrogen (secondary N) is 1. The highest BCUT2D eigenvalue weighted by molar-refractivity contribution is 5.72. The summed E-state index contributed by atoms with van der Waals surface area (Å²) in [5.41, 5.74) is 2.52. The van der Waals surface area contributed by atoms with Crippen molar-refractivity contribution in [3.8, 4) is 0 Å². The molecule has 10 heavy (non-hydrogen) atoms. The second-order valence-corrected chi connectivity index (χ2v) is 1.83. The van der Waals surface area contributed by atoms with Crippen LogP contribution in [0.2, 0.25) is 0 Å². The summed E-state index contributed by atoms with van der Waals surface area (Å²) in [5, 5.41) is 0. The molecule has 56 valence electrons. The molecule has 1 rings (SSSR count). The van der Waals surface area contributed by atoms with Gasteiger partial charge in [0, 0.05) is 6.20 Å². The molecule has 3 heteroatoms. The van der Waals surface area contributed by atoms with E-state index in [1.807, 2.05) is 6.08 Å². The van der Waals surface area contributed by atoms with Crippen LogP contribution in [0.3, 0.4) is 0 Å². The average Bonchev–Trinajstić information content (AvgIpc) is 1.90. The Labute approximate surface area is 60.3 Å². The molecule has 0 fully saturated rings. The number of hydrogen-bond acceptors (Lipinski definition) is 3. The third-order valence-electron chi connectivity index (χ3n) is 0.490. The van der Waals surface area contributed by atoms with Crippen LogP contribution in [-0.2, 0) is 9.63 Å². The molecule has 0 aliphatic carbocycles. The Kier molecular flexibility index (Phi) is 5.14. The van der Waals surface area contributed by atoms with Gasteiger partial charge in [-0.2, -0.15) is 0 Å². The van der Waals surface area contributed by atoms with Crippen LogP contribution in [0.4, 0.5) is 0 Å². The van der Waals surface area contributed by atoms with Crippen molar-refractivity contribution in [3.63, 3.8) is 0 Å². The van der Waals surface area contributed by atoms with Crippen LogP contribution in [0, 0.1) is 0 Å². The summed E-state index contributed by atoms with van der Waals surface area (Å²) in [6, 6.07) is 0. The molecule has 0 saturated carbocycles. The van der Waals surface area contributed by atoms with Crippen molar-refractivity contribution >= 4 is 5.78 Å². The standard InChI is InChI=1S/C4H5NO.C3H6O/c1-2-4-6-5-3-1;1-3(2)4/h1-5H;1-2H3. The van der Waals surface area contributed by atoms with Crippen LogP contribution in [0.15, 0.2) is 24.6 Å². The molecule has 0 bridgehead atoms. The molecule has 0 spiro atoms. The van der Waals surface area contributed by atoms with E-state index in [9.17, 15) is 4.79 Å². The minimum absolute atomic E-state index is 0.167. The molecule has 0 unspecified atom stereocenters. The lowest BCUT2D eigenvalue weighted by Crippen LogP contribution is -2.01. The fourth-order valence-electron chi connectivity index (χ4n) is 0.258. The van der Waals surface area contributed by atoms with Gasteiger partial charge in [-0.3, -0.25) is 0 Å². The Bertz CT molecular complexity index is 134. The van der Waals surface area contributed by atoms with Gasteiger partial charge in [-0.25, -0.2) is 5.48 Å². The van der Waals surface area contributed by atoms with Gasteiger partial charge in [-0.1, -0.05) is 0 Å². The number of allylic oxidation sites excluding steroid dienone is 2. The van der Waals surface area contributed by atoms with Crippen molar-refractivity contribution in [2.75, 3.05) is 0 Å². The van der Waals surface area contributed by atoms with Gasteiger partial charge in [0.05, 0.1) is 0 Å². The quantitative estimate of drug-likeness (QED) is 0.549. The van der Waals surface area contributed by atoms with E-state index >= 15 is 0 Å². The summed E-state index contributed by atoms with van der Waals surface area (Å²) >= 11 is 0. The molecular formula is C7H11NO2. The first-order valence-electron chi connectivity index (χ1n) is 2.93. The molecule has 0 amide bonds. The summed E-state index contributed by atoms with van der Waals surface area (Å²) in [5.74, 6) is 0.167. The summed E-state index contributed by atoms with van der Waals surface area (Å²) in [6.45, 7) is 3.06. The molecule has 0 aromatic heterocycles. The van der Waals surface area contributed by atoms with Crippen LogP contribution in [0.1, 0.15) is 13.8 Å². The van der Waals surface area contributed by atoms with Crippen LogP contribution in [-0.4, -0.2) is 5.78 Å². The fraction of sp³-hybridized carbons (Fsp3) is 0.286. The maximum absolute atomic E-state index is 9.44. The third kappa shape index (κ3) is 9.89. The highest BCUT2D eigenvalue weighted by Gasteiger charge is 1.72. The number of carbonyl (C=O) groups excluding carboxylic acids is 1. The molecule has 0 saturated heterocycles. The van der Waals surface area contributed by atoms with E-state index in [2.05, 4.69) is 10.3 Å². The van der Waals surface area contributed by atoms with Crippen LogP contribution >= 0.6 is 0 Å². The van der Waals surface area contributed by atoms with E-state index in [4.69, 9.17) is 0 Å². The van der Waals surface area contributed by atoms with Gasteiger partial charge in [0.2, 0.25) is 0 Å². The Hall–Kier alpha value is -1.25. The number of hydroxylamine groups is 1. The zero-order valence-corrected chi connectivity index (χ0v) is 6.13. The van der Waals surface area contributed by atoms with Gasteiger partial charge >= 0.3 is 0 Å². The molecule has 0 radical (unpaired) electrons. The zero-order valence-electron chi connectivity index (χ0n) is 6.13. The lowest BCUT2D eigenvalue weighted by atomic mass is 10.6. The first-order chi connectivity index (χ1) is 4.73. The molecule has 0 atom stereocenters. The number of carbonyl (C=O) groups is 1. The summed E-state index contributed by atoms with van der Waals surface area (Å²) in [4.78, 5) is 14.0. The monoisotopic (exact) mass is 141 g/mol. The van der Waals surface area contributed by atoms with E-state index in [0.717, 1.165) is 0 Å². The predicted octanol–water partition coefficient (Wildman–Crippen LogP) is 1.14. The Balaban J connectivity index is 0.000000180. The topological polar surface area (TPSA) is 38.3 Å². The van der Waals surface area contributed by atoms with Gasteiger partial charge in [-0.05, 0) is 26.0 Å². The van der Waals surface area contributed by atoms with Crippen molar-refractivity contribution in [3.05, 3.63) is 24.6 Å². The summed E-state index contributed by atoms with van der Waals surface area (Å²) in [6.07, 6.45) is 6.93. The Morgan fingerprint density at radius 2 is 2.00 bits per heavy atom. The van der Waals surface area contributed by atoms with E-state index in [1.54, 1.807) is 18.5 Å². The highest BCUT2D eigenvalue weighted by Crippen LogP contribution is 1.80. The highest BCUT2D eigenvalue weighted by atomic mass is 16.6. The van der Waals surface area contributed by atoms with Crippen LogP contribution in [0.25, 0.3) is 0 Å². The van der Waals surface area contributed by atoms with Crippen molar-refractivity contribution < 1.29 is 9.63 Å². The predicted molar refractivity (Wildman–Crippen MR) is 38.9 cm³/mol. The summed E-state index contributed by atoms with van der Waals surface area (Å²) in [7, 11) is 0. The van der Waals surface area contributed by atoms with E-state index < -0.39 is 0 Å². The molecular weight excluding hydrogens is 130 g/mol. The largest absolute Gasteiger partial charge is 0.391 e. The maximum Gasteiger partial charge on any atom is 0.126 e.